The maximum atomic E-state index is 12.3. The minimum absolute atomic E-state index is 0.0986. The van der Waals surface area contributed by atoms with Crippen LogP contribution in [-0.4, -0.2) is 17.5 Å². The molecule has 3 rings (SSSR count). The number of nitrogens with zero attached hydrogens (tertiary/aromatic N) is 1. The van der Waals surface area contributed by atoms with Gasteiger partial charge < -0.3 is 10.1 Å². The van der Waals surface area contributed by atoms with Crippen molar-refractivity contribution in [3.05, 3.63) is 70.7 Å². The first-order valence-corrected chi connectivity index (χ1v) is 9.06. The summed E-state index contributed by atoms with van der Waals surface area (Å²) in [7, 11) is 0. The molecule has 3 aromatic rings. The molecule has 1 heterocycles. The summed E-state index contributed by atoms with van der Waals surface area (Å²) in [6.07, 6.45) is 0. The van der Waals surface area contributed by atoms with Crippen molar-refractivity contribution in [2.24, 2.45) is 0 Å². The smallest absolute Gasteiger partial charge is 0.251 e. The quantitative estimate of drug-likeness (QED) is 0.713. The van der Waals surface area contributed by atoms with Gasteiger partial charge in [0.05, 0.1) is 6.61 Å². The van der Waals surface area contributed by atoms with E-state index in [0.29, 0.717) is 18.7 Å². The number of benzene rings is 2. The predicted octanol–water partition coefficient (Wildman–Crippen LogP) is 4.45. The molecule has 0 saturated carbocycles. The van der Waals surface area contributed by atoms with Gasteiger partial charge in [0, 0.05) is 28.7 Å². The third-order valence-corrected chi connectivity index (χ3v) is 4.68. The number of hydrogen-bond donors (Lipinski definition) is 1. The molecule has 0 aliphatic rings. The maximum Gasteiger partial charge on any atom is 0.251 e. The van der Waals surface area contributed by atoms with E-state index in [4.69, 9.17) is 4.74 Å². The van der Waals surface area contributed by atoms with Crippen molar-refractivity contribution in [1.82, 2.24) is 10.3 Å². The van der Waals surface area contributed by atoms with Crippen LogP contribution in [0.3, 0.4) is 0 Å². The van der Waals surface area contributed by atoms with Crippen molar-refractivity contribution in [1.29, 1.82) is 0 Å². The summed E-state index contributed by atoms with van der Waals surface area (Å²) in [6.45, 7) is 5.01. The fourth-order valence-corrected chi connectivity index (χ4v) is 3.25. The molecule has 0 unspecified atom stereocenters. The van der Waals surface area contributed by atoms with Gasteiger partial charge in [-0.15, -0.1) is 11.3 Å². The van der Waals surface area contributed by atoms with Crippen LogP contribution in [0.15, 0.2) is 53.9 Å². The van der Waals surface area contributed by atoms with Gasteiger partial charge in [-0.2, -0.15) is 0 Å². The second-order valence-electron chi connectivity index (χ2n) is 5.63. The van der Waals surface area contributed by atoms with Crippen LogP contribution in [0.1, 0.15) is 28.5 Å². The molecule has 5 heteroatoms. The summed E-state index contributed by atoms with van der Waals surface area (Å²) in [5.41, 5.74) is 3.76. The van der Waals surface area contributed by atoms with Gasteiger partial charge in [-0.05, 0) is 49.7 Å². The van der Waals surface area contributed by atoms with Crippen LogP contribution < -0.4 is 10.1 Å². The molecule has 128 valence electrons. The number of amides is 1. The molecule has 0 fully saturated rings. The number of carbonyl (C=O) groups excluding carboxylic acids is 1. The zero-order valence-corrected chi connectivity index (χ0v) is 15.1. The Morgan fingerprint density at radius 1 is 1.20 bits per heavy atom. The highest BCUT2D eigenvalue weighted by atomic mass is 32.1. The average molecular weight is 352 g/mol. The zero-order chi connectivity index (χ0) is 17.6. The standard InChI is InChI=1S/C20H20N2O2S/c1-3-24-18-9-7-16(8-10-18)19(23)21-12-15-5-4-6-17(11-15)20-22-14(2)13-25-20/h4-11,13H,3,12H2,1-2H3,(H,21,23). The van der Waals surface area contributed by atoms with Gasteiger partial charge in [-0.25, -0.2) is 4.98 Å². The molecule has 0 spiro atoms. The van der Waals surface area contributed by atoms with Gasteiger partial charge in [0.15, 0.2) is 0 Å². The van der Waals surface area contributed by atoms with Gasteiger partial charge in [0.25, 0.3) is 5.91 Å². The van der Waals surface area contributed by atoms with Gasteiger partial charge in [0.1, 0.15) is 10.8 Å². The largest absolute Gasteiger partial charge is 0.494 e. The lowest BCUT2D eigenvalue weighted by Crippen LogP contribution is -2.22. The second-order valence-corrected chi connectivity index (χ2v) is 6.49. The molecule has 0 aliphatic heterocycles. The fourth-order valence-electron chi connectivity index (χ4n) is 2.45. The zero-order valence-electron chi connectivity index (χ0n) is 14.3. The molecule has 0 radical (unpaired) electrons. The highest BCUT2D eigenvalue weighted by Crippen LogP contribution is 2.24. The number of thiazole rings is 1. The van der Waals surface area contributed by atoms with E-state index in [1.807, 2.05) is 49.6 Å². The predicted molar refractivity (Wildman–Crippen MR) is 101 cm³/mol. The molecule has 4 nitrogen and oxygen atoms in total. The SMILES string of the molecule is CCOc1ccc(C(=O)NCc2cccc(-c3nc(C)cs3)c2)cc1. The van der Waals surface area contributed by atoms with Crippen molar-refractivity contribution in [2.45, 2.75) is 20.4 Å². The summed E-state index contributed by atoms with van der Waals surface area (Å²) in [5, 5.41) is 5.99. The van der Waals surface area contributed by atoms with Crippen LogP contribution >= 0.6 is 11.3 Å². The van der Waals surface area contributed by atoms with Crippen molar-refractivity contribution < 1.29 is 9.53 Å². The lowest BCUT2D eigenvalue weighted by atomic mass is 10.1. The lowest BCUT2D eigenvalue weighted by Gasteiger charge is -2.08. The first-order chi connectivity index (χ1) is 12.2. The molecule has 0 aliphatic carbocycles. The number of carbonyl (C=O) groups is 1. The molecule has 2 aromatic carbocycles. The van der Waals surface area contributed by atoms with Crippen molar-refractivity contribution >= 4 is 17.2 Å². The highest BCUT2D eigenvalue weighted by molar-refractivity contribution is 7.13. The number of rotatable bonds is 6. The molecular weight excluding hydrogens is 332 g/mol. The number of hydrogen-bond acceptors (Lipinski definition) is 4. The Balaban J connectivity index is 1.64. The summed E-state index contributed by atoms with van der Waals surface area (Å²) in [5.74, 6) is 0.670. The molecule has 0 saturated heterocycles. The summed E-state index contributed by atoms with van der Waals surface area (Å²) < 4.78 is 5.39. The maximum absolute atomic E-state index is 12.3. The van der Waals surface area contributed by atoms with E-state index in [2.05, 4.69) is 16.4 Å². The van der Waals surface area contributed by atoms with Crippen LogP contribution in [0.5, 0.6) is 5.75 Å². The van der Waals surface area contributed by atoms with E-state index in [0.717, 1.165) is 27.6 Å². The van der Waals surface area contributed by atoms with E-state index >= 15 is 0 Å². The molecule has 1 aromatic heterocycles. The summed E-state index contributed by atoms with van der Waals surface area (Å²) in [4.78, 5) is 16.8. The Labute approximate surface area is 151 Å². The Morgan fingerprint density at radius 2 is 2.00 bits per heavy atom. The Morgan fingerprint density at radius 3 is 2.68 bits per heavy atom. The highest BCUT2D eigenvalue weighted by Gasteiger charge is 2.07. The van der Waals surface area contributed by atoms with Gasteiger partial charge in [0.2, 0.25) is 0 Å². The Hall–Kier alpha value is -2.66. The van der Waals surface area contributed by atoms with Crippen LogP contribution in [-0.2, 0) is 6.54 Å². The van der Waals surface area contributed by atoms with E-state index in [9.17, 15) is 4.79 Å². The third-order valence-electron chi connectivity index (χ3n) is 3.67. The molecule has 1 amide bonds. The average Bonchev–Trinajstić information content (AvgIpc) is 3.07. The van der Waals surface area contributed by atoms with Gasteiger partial charge >= 0.3 is 0 Å². The summed E-state index contributed by atoms with van der Waals surface area (Å²) in [6, 6.07) is 15.3. The first-order valence-electron chi connectivity index (χ1n) is 8.18. The number of nitrogens with one attached hydrogen (secondary N) is 1. The van der Waals surface area contributed by atoms with Crippen LogP contribution in [0.2, 0.25) is 0 Å². The first kappa shape index (κ1) is 17.2. The van der Waals surface area contributed by atoms with E-state index in [1.54, 1.807) is 23.5 Å². The molecule has 1 N–H and O–H groups in total. The third kappa shape index (κ3) is 4.45. The van der Waals surface area contributed by atoms with Crippen molar-refractivity contribution in [2.75, 3.05) is 6.61 Å². The number of aryl methyl sites for hydroxylation is 1. The fraction of sp³-hybridized carbons (Fsp3) is 0.200. The van der Waals surface area contributed by atoms with Gasteiger partial charge in [-0.3, -0.25) is 4.79 Å². The van der Waals surface area contributed by atoms with Crippen molar-refractivity contribution in [3.63, 3.8) is 0 Å². The summed E-state index contributed by atoms with van der Waals surface area (Å²) >= 11 is 1.63. The second kappa shape index (κ2) is 7.94. The Kier molecular flexibility index (Phi) is 5.46. The monoisotopic (exact) mass is 352 g/mol. The topological polar surface area (TPSA) is 51.2 Å². The van der Waals surface area contributed by atoms with Crippen LogP contribution in [0.4, 0.5) is 0 Å². The Bertz CT molecular complexity index is 856. The normalized spacial score (nSPS) is 10.5. The van der Waals surface area contributed by atoms with Gasteiger partial charge in [-0.1, -0.05) is 18.2 Å². The molecule has 0 atom stereocenters. The van der Waals surface area contributed by atoms with Crippen LogP contribution in [0, 0.1) is 6.92 Å². The number of aromatic nitrogens is 1. The van der Waals surface area contributed by atoms with Crippen LogP contribution in [0.25, 0.3) is 10.6 Å². The minimum Gasteiger partial charge on any atom is -0.494 e. The minimum atomic E-state index is -0.0986. The molecular formula is C20H20N2O2S. The van der Waals surface area contributed by atoms with E-state index in [1.165, 1.54) is 0 Å². The molecule has 25 heavy (non-hydrogen) atoms. The number of ether oxygens (including phenoxy) is 1. The molecule has 0 bridgehead atoms. The van der Waals surface area contributed by atoms with E-state index in [-0.39, 0.29) is 5.91 Å². The van der Waals surface area contributed by atoms with E-state index < -0.39 is 0 Å². The van der Waals surface area contributed by atoms with Crippen molar-refractivity contribution in [3.8, 4) is 16.3 Å². The lowest BCUT2D eigenvalue weighted by molar-refractivity contribution is 0.0951.